The maximum absolute atomic E-state index is 5.41. The van der Waals surface area contributed by atoms with Crippen molar-refractivity contribution in [1.82, 2.24) is 25.2 Å². The Morgan fingerprint density at radius 1 is 1.43 bits per heavy atom. The van der Waals surface area contributed by atoms with Crippen LogP contribution in [0.25, 0.3) is 0 Å². The Morgan fingerprint density at radius 3 is 2.90 bits per heavy atom. The Hall–Kier alpha value is -0.980. The normalized spacial score (nSPS) is 17.0. The van der Waals surface area contributed by atoms with Crippen LogP contribution in [0.5, 0.6) is 0 Å². The molecular formula is C15H29N5O. The lowest BCUT2D eigenvalue weighted by atomic mass is 10.1. The largest absolute Gasteiger partial charge is 0.381 e. The molecule has 2 heterocycles. The van der Waals surface area contributed by atoms with Crippen molar-refractivity contribution in [3.63, 3.8) is 0 Å². The van der Waals surface area contributed by atoms with E-state index in [4.69, 9.17) is 4.74 Å². The SMILES string of the molecule is CC(C)CNCc1cn(CCN(C)C2CCOCC2)nn1. The van der Waals surface area contributed by atoms with Crippen LogP contribution >= 0.6 is 0 Å². The van der Waals surface area contributed by atoms with Gasteiger partial charge in [-0.1, -0.05) is 19.1 Å². The summed E-state index contributed by atoms with van der Waals surface area (Å²) in [5.41, 5.74) is 1.02. The van der Waals surface area contributed by atoms with Gasteiger partial charge in [0.2, 0.25) is 0 Å². The molecule has 1 aliphatic rings. The Morgan fingerprint density at radius 2 is 2.19 bits per heavy atom. The van der Waals surface area contributed by atoms with Gasteiger partial charge in [0.25, 0.3) is 0 Å². The van der Waals surface area contributed by atoms with Gasteiger partial charge in [-0.3, -0.25) is 4.68 Å². The molecule has 1 aromatic heterocycles. The molecule has 0 spiro atoms. The molecule has 0 aromatic carbocycles. The van der Waals surface area contributed by atoms with Gasteiger partial charge in [0, 0.05) is 38.5 Å². The van der Waals surface area contributed by atoms with E-state index in [2.05, 4.69) is 41.4 Å². The molecule has 1 saturated heterocycles. The van der Waals surface area contributed by atoms with Gasteiger partial charge in [0.15, 0.2) is 0 Å². The van der Waals surface area contributed by atoms with Crippen LogP contribution in [-0.2, 0) is 17.8 Å². The summed E-state index contributed by atoms with van der Waals surface area (Å²) in [7, 11) is 2.19. The fourth-order valence-corrected chi connectivity index (χ4v) is 2.59. The van der Waals surface area contributed by atoms with Crippen molar-refractivity contribution in [1.29, 1.82) is 0 Å². The average Bonchev–Trinajstić information content (AvgIpc) is 2.93. The summed E-state index contributed by atoms with van der Waals surface area (Å²) < 4.78 is 7.36. The van der Waals surface area contributed by atoms with E-state index >= 15 is 0 Å². The van der Waals surface area contributed by atoms with Gasteiger partial charge in [0.1, 0.15) is 0 Å². The molecule has 1 aliphatic heterocycles. The topological polar surface area (TPSA) is 55.2 Å². The molecule has 0 radical (unpaired) electrons. The molecule has 2 rings (SSSR count). The zero-order valence-corrected chi connectivity index (χ0v) is 13.6. The standard InChI is InChI=1S/C15H29N5O/c1-13(2)10-16-11-14-12-20(18-17-14)7-6-19(3)15-4-8-21-9-5-15/h12-13,15-16H,4-11H2,1-3H3. The Balaban J connectivity index is 1.69. The van der Waals surface area contributed by atoms with Crippen molar-refractivity contribution in [3.05, 3.63) is 11.9 Å². The Bertz CT molecular complexity index is 401. The fourth-order valence-electron chi connectivity index (χ4n) is 2.59. The molecule has 21 heavy (non-hydrogen) atoms. The highest BCUT2D eigenvalue weighted by Crippen LogP contribution is 2.12. The number of hydrogen-bond acceptors (Lipinski definition) is 5. The molecule has 0 amide bonds. The van der Waals surface area contributed by atoms with Crippen molar-refractivity contribution in [2.75, 3.05) is 33.4 Å². The summed E-state index contributed by atoms with van der Waals surface area (Å²) >= 11 is 0. The first-order valence-electron chi connectivity index (χ1n) is 8.03. The first-order valence-corrected chi connectivity index (χ1v) is 8.03. The zero-order chi connectivity index (χ0) is 15.1. The second kappa shape index (κ2) is 8.46. The summed E-state index contributed by atoms with van der Waals surface area (Å²) in [6.45, 7) is 9.91. The second-order valence-corrected chi connectivity index (χ2v) is 6.32. The third-order valence-corrected chi connectivity index (χ3v) is 3.94. The molecule has 6 nitrogen and oxygen atoms in total. The van der Waals surface area contributed by atoms with Crippen molar-refractivity contribution in [2.24, 2.45) is 5.92 Å². The number of hydrogen-bond donors (Lipinski definition) is 1. The number of aromatic nitrogens is 3. The van der Waals surface area contributed by atoms with Gasteiger partial charge in [-0.25, -0.2) is 0 Å². The highest BCUT2D eigenvalue weighted by atomic mass is 16.5. The third-order valence-electron chi connectivity index (χ3n) is 3.94. The monoisotopic (exact) mass is 295 g/mol. The molecule has 120 valence electrons. The number of likely N-dealkylation sites (N-methyl/N-ethyl adjacent to an activating group) is 1. The summed E-state index contributed by atoms with van der Waals surface area (Å²) in [6, 6.07) is 0.648. The predicted molar refractivity (Wildman–Crippen MR) is 83.0 cm³/mol. The van der Waals surface area contributed by atoms with Crippen LogP contribution in [0.3, 0.4) is 0 Å². The van der Waals surface area contributed by atoms with E-state index in [1.807, 2.05) is 10.9 Å². The van der Waals surface area contributed by atoms with Gasteiger partial charge < -0.3 is 15.0 Å². The number of ether oxygens (including phenoxy) is 1. The minimum absolute atomic E-state index is 0.648. The van der Waals surface area contributed by atoms with E-state index in [0.717, 1.165) is 57.9 Å². The van der Waals surface area contributed by atoms with E-state index in [9.17, 15) is 0 Å². The molecule has 0 aliphatic carbocycles. The summed E-state index contributed by atoms with van der Waals surface area (Å²) in [4.78, 5) is 2.42. The summed E-state index contributed by atoms with van der Waals surface area (Å²) in [5.74, 6) is 0.660. The van der Waals surface area contributed by atoms with Crippen LogP contribution in [-0.4, -0.2) is 59.3 Å². The van der Waals surface area contributed by atoms with Crippen LogP contribution in [0.1, 0.15) is 32.4 Å². The zero-order valence-electron chi connectivity index (χ0n) is 13.6. The Kier molecular flexibility index (Phi) is 6.60. The summed E-state index contributed by atoms with van der Waals surface area (Å²) in [6.07, 6.45) is 4.32. The van der Waals surface area contributed by atoms with E-state index in [-0.39, 0.29) is 0 Å². The lowest BCUT2D eigenvalue weighted by Gasteiger charge is -2.30. The quantitative estimate of drug-likeness (QED) is 0.779. The maximum atomic E-state index is 5.41. The van der Waals surface area contributed by atoms with Crippen molar-refractivity contribution in [2.45, 2.75) is 45.8 Å². The maximum Gasteiger partial charge on any atom is 0.0964 e. The summed E-state index contributed by atoms with van der Waals surface area (Å²) in [5, 5.41) is 11.8. The molecule has 0 saturated carbocycles. The molecule has 6 heteroatoms. The average molecular weight is 295 g/mol. The number of nitrogens with one attached hydrogen (secondary N) is 1. The van der Waals surface area contributed by atoms with Gasteiger partial charge in [0.05, 0.1) is 12.2 Å². The third kappa shape index (κ3) is 5.73. The van der Waals surface area contributed by atoms with Crippen LogP contribution in [0.4, 0.5) is 0 Å². The number of rotatable bonds is 8. The van der Waals surface area contributed by atoms with Crippen molar-refractivity contribution >= 4 is 0 Å². The van der Waals surface area contributed by atoms with Crippen LogP contribution in [0.15, 0.2) is 6.20 Å². The lowest BCUT2D eigenvalue weighted by Crippen LogP contribution is -2.38. The van der Waals surface area contributed by atoms with Crippen molar-refractivity contribution < 1.29 is 4.74 Å². The van der Waals surface area contributed by atoms with Crippen LogP contribution in [0, 0.1) is 5.92 Å². The lowest BCUT2D eigenvalue weighted by molar-refractivity contribution is 0.0418. The molecule has 0 atom stereocenters. The minimum Gasteiger partial charge on any atom is -0.381 e. The first kappa shape index (κ1) is 16.4. The molecule has 0 unspecified atom stereocenters. The number of nitrogens with zero attached hydrogens (tertiary/aromatic N) is 4. The fraction of sp³-hybridized carbons (Fsp3) is 0.867. The molecular weight excluding hydrogens is 266 g/mol. The molecule has 0 bridgehead atoms. The highest BCUT2D eigenvalue weighted by molar-refractivity contribution is 4.91. The van der Waals surface area contributed by atoms with Gasteiger partial charge in [-0.05, 0) is 32.4 Å². The second-order valence-electron chi connectivity index (χ2n) is 6.32. The van der Waals surface area contributed by atoms with Crippen molar-refractivity contribution in [3.8, 4) is 0 Å². The molecule has 1 fully saturated rings. The smallest absolute Gasteiger partial charge is 0.0964 e. The highest BCUT2D eigenvalue weighted by Gasteiger charge is 2.18. The van der Waals surface area contributed by atoms with Gasteiger partial charge >= 0.3 is 0 Å². The molecule has 1 N–H and O–H groups in total. The first-order chi connectivity index (χ1) is 10.1. The van der Waals surface area contributed by atoms with Crippen LogP contribution in [0.2, 0.25) is 0 Å². The predicted octanol–water partition coefficient (Wildman–Crippen LogP) is 1.13. The van der Waals surface area contributed by atoms with Crippen LogP contribution < -0.4 is 5.32 Å². The van der Waals surface area contributed by atoms with Gasteiger partial charge in [-0.15, -0.1) is 5.10 Å². The minimum atomic E-state index is 0.648. The van der Waals surface area contributed by atoms with E-state index < -0.39 is 0 Å². The van der Waals surface area contributed by atoms with E-state index in [0.29, 0.717) is 12.0 Å². The van der Waals surface area contributed by atoms with E-state index in [1.54, 1.807) is 0 Å². The van der Waals surface area contributed by atoms with Gasteiger partial charge in [-0.2, -0.15) is 0 Å². The molecule has 1 aromatic rings. The van der Waals surface area contributed by atoms with E-state index in [1.165, 1.54) is 0 Å². The Labute approximate surface area is 127 Å².